The van der Waals surface area contributed by atoms with Crippen LogP contribution in [0.2, 0.25) is 0 Å². The number of thiazole rings is 1. The quantitative estimate of drug-likeness (QED) is 0.609. The fourth-order valence-corrected chi connectivity index (χ4v) is 4.20. The summed E-state index contributed by atoms with van der Waals surface area (Å²) in [7, 11) is 0. The molecule has 0 unspecified atom stereocenters. The van der Waals surface area contributed by atoms with Crippen LogP contribution in [0.1, 0.15) is 10.5 Å². The minimum atomic E-state index is -0.997. The van der Waals surface area contributed by atoms with Crippen LogP contribution >= 0.6 is 22.7 Å². The van der Waals surface area contributed by atoms with Crippen molar-refractivity contribution in [2.24, 2.45) is 0 Å². The highest BCUT2D eigenvalue weighted by Crippen LogP contribution is 2.35. The second-order valence-corrected chi connectivity index (χ2v) is 6.27. The monoisotopic (exact) mass is 300 g/mol. The zero-order valence-corrected chi connectivity index (χ0v) is 11.7. The van der Waals surface area contributed by atoms with Gasteiger partial charge in [0, 0.05) is 16.3 Å². The maximum atomic E-state index is 11.0. The van der Waals surface area contributed by atoms with Crippen LogP contribution in [0.25, 0.3) is 25.6 Å². The van der Waals surface area contributed by atoms with Gasteiger partial charge in [0.25, 0.3) is 0 Å². The van der Waals surface area contributed by atoms with E-state index in [9.17, 15) is 4.79 Å². The molecule has 0 saturated heterocycles. The molecule has 4 aromatic rings. The van der Waals surface area contributed by atoms with Crippen LogP contribution in [0.15, 0.2) is 41.9 Å². The van der Waals surface area contributed by atoms with Crippen LogP contribution in [0.4, 0.5) is 0 Å². The van der Waals surface area contributed by atoms with E-state index in [0.717, 1.165) is 10.6 Å². The van der Waals surface area contributed by atoms with Crippen LogP contribution in [0.5, 0.6) is 0 Å². The lowest BCUT2D eigenvalue weighted by Crippen LogP contribution is -1.95. The molecule has 0 fully saturated rings. The van der Waals surface area contributed by atoms with E-state index < -0.39 is 5.97 Å². The minimum Gasteiger partial charge on any atom is -0.476 e. The molecule has 20 heavy (non-hydrogen) atoms. The summed E-state index contributed by atoms with van der Waals surface area (Å²) in [6, 6.07) is 10.3. The number of aromatic nitrogens is 2. The third-order valence-corrected chi connectivity index (χ3v) is 5.08. The second-order valence-electron chi connectivity index (χ2n) is 4.35. The predicted octanol–water partition coefficient (Wildman–Crippen LogP) is 3.98. The molecule has 0 spiro atoms. The summed E-state index contributed by atoms with van der Waals surface area (Å²) in [5, 5.41) is 12.2. The van der Waals surface area contributed by atoms with Crippen LogP contribution < -0.4 is 0 Å². The fourth-order valence-electron chi connectivity index (χ4n) is 2.17. The Morgan fingerprint density at radius 1 is 1.30 bits per heavy atom. The highest BCUT2D eigenvalue weighted by atomic mass is 32.1. The number of aromatic carboxylic acids is 1. The van der Waals surface area contributed by atoms with E-state index in [4.69, 9.17) is 5.11 Å². The summed E-state index contributed by atoms with van der Waals surface area (Å²) < 4.78 is 3.07. The number of carbonyl (C=O) groups is 1. The third-order valence-electron chi connectivity index (χ3n) is 3.11. The highest BCUT2D eigenvalue weighted by Gasteiger charge is 2.15. The Labute approximate surface area is 121 Å². The zero-order chi connectivity index (χ0) is 13.7. The zero-order valence-electron chi connectivity index (χ0n) is 10.1. The molecule has 0 saturated carbocycles. The van der Waals surface area contributed by atoms with E-state index >= 15 is 0 Å². The van der Waals surface area contributed by atoms with E-state index in [0.29, 0.717) is 4.96 Å². The number of rotatable bonds is 2. The highest BCUT2D eigenvalue weighted by molar-refractivity contribution is 7.22. The first-order valence-electron chi connectivity index (χ1n) is 5.91. The largest absolute Gasteiger partial charge is 0.476 e. The minimum absolute atomic E-state index is 0.0826. The Morgan fingerprint density at radius 2 is 2.15 bits per heavy atom. The van der Waals surface area contributed by atoms with Gasteiger partial charge in [-0.25, -0.2) is 9.78 Å². The van der Waals surface area contributed by atoms with Crippen LogP contribution in [0, 0.1) is 0 Å². The molecule has 0 aliphatic carbocycles. The topological polar surface area (TPSA) is 54.6 Å². The van der Waals surface area contributed by atoms with E-state index in [1.165, 1.54) is 21.4 Å². The van der Waals surface area contributed by atoms with Crippen molar-refractivity contribution < 1.29 is 9.90 Å². The summed E-state index contributed by atoms with van der Waals surface area (Å²) in [5.74, 6) is -0.997. The summed E-state index contributed by atoms with van der Waals surface area (Å²) in [4.78, 5) is 16.9. The Hall–Kier alpha value is -2.18. The number of carboxylic acid groups (broad SMARTS) is 1. The molecule has 3 aromatic heterocycles. The molecule has 0 aliphatic rings. The normalized spacial score (nSPS) is 11.4. The molecule has 0 bridgehead atoms. The van der Waals surface area contributed by atoms with Crippen LogP contribution in [-0.4, -0.2) is 20.5 Å². The van der Waals surface area contributed by atoms with Gasteiger partial charge < -0.3 is 5.11 Å². The summed E-state index contributed by atoms with van der Waals surface area (Å²) in [5.41, 5.74) is 1.07. The molecule has 1 N–H and O–H groups in total. The molecule has 4 rings (SSSR count). The molecule has 1 aromatic carbocycles. The van der Waals surface area contributed by atoms with E-state index in [2.05, 4.69) is 23.2 Å². The van der Waals surface area contributed by atoms with Gasteiger partial charge in [0.05, 0.1) is 10.6 Å². The van der Waals surface area contributed by atoms with Crippen molar-refractivity contribution >= 4 is 43.7 Å². The van der Waals surface area contributed by atoms with Crippen molar-refractivity contribution in [3.8, 4) is 10.6 Å². The predicted molar refractivity (Wildman–Crippen MR) is 80.8 cm³/mol. The molecule has 0 radical (unpaired) electrons. The Bertz CT molecular complexity index is 915. The molecule has 0 amide bonds. The summed E-state index contributed by atoms with van der Waals surface area (Å²) in [6.45, 7) is 0. The van der Waals surface area contributed by atoms with Crippen molar-refractivity contribution in [3.63, 3.8) is 0 Å². The van der Waals surface area contributed by atoms with Gasteiger partial charge in [-0.05, 0) is 17.5 Å². The maximum Gasteiger partial charge on any atom is 0.356 e. The van der Waals surface area contributed by atoms with Gasteiger partial charge in [-0.1, -0.05) is 18.2 Å². The maximum absolute atomic E-state index is 11.0. The Morgan fingerprint density at radius 3 is 2.95 bits per heavy atom. The fraction of sp³-hybridized carbons (Fsp3) is 0. The van der Waals surface area contributed by atoms with Crippen molar-refractivity contribution in [3.05, 3.63) is 47.6 Å². The van der Waals surface area contributed by atoms with E-state index in [1.807, 2.05) is 21.9 Å². The number of hydrogen-bond acceptors (Lipinski definition) is 4. The molecular weight excluding hydrogens is 292 g/mol. The Kier molecular flexibility index (Phi) is 2.42. The van der Waals surface area contributed by atoms with Gasteiger partial charge in [-0.3, -0.25) is 4.40 Å². The van der Waals surface area contributed by atoms with E-state index in [-0.39, 0.29) is 5.69 Å². The molecule has 98 valence electrons. The molecule has 6 heteroatoms. The average molecular weight is 300 g/mol. The number of fused-ring (bicyclic) bond motifs is 2. The van der Waals surface area contributed by atoms with Gasteiger partial charge >= 0.3 is 5.97 Å². The van der Waals surface area contributed by atoms with E-state index in [1.54, 1.807) is 17.5 Å². The van der Waals surface area contributed by atoms with Crippen LogP contribution in [0.3, 0.4) is 0 Å². The standard InChI is InChI=1S/C14H8N2O2S2/c17-13(18)9-6-16-10(7-19-14(16)15-9)12-5-8-3-1-2-4-11(8)20-12/h1-7H,(H,17,18). The van der Waals surface area contributed by atoms with Gasteiger partial charge in [0.1, 0.15) is 0 Å². The van der Waals surface area contributed by atoms with Crippen molar-refractivity contribution in [1.29, 1.82) is 0 Å². The second kappa shape index (κ2) is 4.16. The smallest absolute Gasteiger partial charge is 0.356 e. The van der Waals surface area contributed by atoms with Gasteiger partial charge in [0.2, 0.25) is 0 Å². The first kappa shape index (κ1) is 11.6. The van der Waals surface area contributed by atoms with Gasteiger partial charge in [-0.2, -0.15) is 0 Å². The summed E-state index contributed by atoms with van der Waals surface area (Å²) in [6.07, 6.45) is 1.58. The molecule has 0 aliphatic heterocycles. The SMILES string of the molecule is O=C(O)c1cn2c(-c3cc4ccccc4s3)csc2n1. The molecular formula is C14H8N2O2S2. The van der Waals surface area contributed by atoms with Crippen LogP contribution in [-0.2, 0) is 0 Å². The lowest BCUT2D eigenvalue weighted by molar-refractivity contribution is 0.0691. The molecule has 3 heterocycles. The Balaban J connectivity index is 1.94. The first-order chi connectivity index (χ1) is 9.72. The average Bonchev–Trinajstić information content (AvgIpc) is 3.10. The number of nitrogens with zero attached hydrogens (tertiary/aromatic N) is 2. The first-order valence-corrected chi connectivity index (χ1v) is 7.61. The van der Waals surface area contributed by atoms with Gasteiger partial charge in [-0.15, -0.1) is 22.7 Å². The molecule has 4 nitrogen and oxygen atoms in total. The number of thiophene rings is 1. The van der Waals surface area contributed by atoms with Crippen molar-refractivity contribution in [2.75, 3.05) is 0 Å². The molecule has 0 atom stereocenters. The van der Waals surface area contributed by atoms with Gasteiger partial charge in [0.15, 0.2) is 10.7 Å². The lowest BCUT2D eigenvalue weighted by Gasteiger charge is -1.93. The number of hydrogen-bond donors (Lipinski definition) is 1. The number of imidazole rings is 1. The summed E-state index contributed by atoms with van der Waals surface area (Å²) >= 11 is 3.15. The number of carboxylic acids is 1. The third kappa shape index (κ3) is 1.65. The lowest BCUT2D eigenvalue weighted by atomic mass is 10.2. The van der Waals surface area contributed by atoms with Crippen molar-refractivity contribution in [1.82, 2.24) is 9.38 Å². The van der Waals surface area contributed by atoms with Crippen molar-refractivity contribution in [2.45, 2.75) is 0 Å². The number of benzene rings is 1.